The predicted octanol–water partition coefficient (Wildman–Crippen LogP) is 3.43. The summed E-state index contributed by atoms with van der Waals surface area (Å²) in [6.07, 6.45) is 0.937. The molecular formula is C20H23BrN2O3. The van der Waals surface area contributed by atoms with Crippen molar-refractivity contribution in [3.63, 3.8) is 0 Å². The van der Waals surface area contributed by atoms with E-state index < -0.39 is 0 Å². The highest BCUT2D eigenvalue weighted by Crippen LogP contribution is 2.29. The minimum Gasteiger partial charge on any atom is -0.497 e. The summed E-state index contributed by atoms with van der Waals surface area (Å²) in [7, 11) is 5.62. The molecule has 1 N–H and O–H groups in total. The zero-order valence-corrected chi connectivity index (χ0v) is 16.8. The van der Waals surface area contributed by atoms with Crippen LogP contribution in [0.2, 0.25) is 0 Å². The van der Waals surface area contributed by atoms with Crippen LogP contribution < -0.4 is 14.8 Å². The molecule has 2 aromatic carbocycles. The van der Waals surface area contributed by atoms with E-state index in [0.717, 1.165) is 23.2 Å². The molecule has 0 fully saturated rings. The van der Waals surface area contributed by atoms with Crippen molar-refractivity contribution in [3.05, 3.63) is 57.6 Å². The summed E-state index contributed by atoms with van der Waals surface area (Å²) >= 11 is 3.43. The van der Waals surface area contributed by atoms with Crippen LogP contribution in [0.15, 0.2) is 40.9 Å². The molecule has 1 aliphatic heterocycles. The number of fused-ring (bicyclic) bond motifs is 1. The topological polar surface area (TPSA) is 50.8 Å². The maximum atomic E-state index is 12.6. The van der Waals surface area contributed by atoms with Crippen molar-refractivity contribution < 1.29 is 14.3 Å². The Bertz CT molecular complexity index is 808. The Morgan fingerprint density at radius 2 is 2.12 bits per heavy atom. The van der Waals surface area contributed by atoms with Gasteiger partial charge in [0.2, 0.25) is 0 Å². The van der Waals surface area contributed by atoms with Crippen LogP contribution in [-0.4, -0.2) is 45.2 Å². The van der Waals surface area contributed by atoms with Gasteiger partial charge in [-0.1, -0.05) is 12.1 Å². The van der Waals surface area contributed by atoms with Crippen LogP contribution in [0.1, 0.15) is 27.5 Å². The van der Waals surface area contributed by atoms with Gasteiger partial charge in [0.1, 0.15) is 11.5 Å². The molecule has 0 saturated heterocycles. The summed E-state index contributed by atoms with van der Waals surface area (Å²) < 4.78 is 11.5. The van der Waals surface area contributed by atoms with Crippen LogP contribution >= 0.6 is 15.9 Å². The lowest BCUT2D eigenvalue weighted by molar-refractivity contribution is 0.0940. The first kappa shape index (κ1) is 18.7. The standard InChI is InChI=1S/C20H23BrN2O3/c1-23(2)18(13-4-7-19-14(10-13)8-9-26-19)12-22-20(24)16-11-15(25-3)5-6-17(16)21/h4-7,10-11,18H,8-9,12H2,1-3H3,(H,22,24). The van der Waals surface area contributed by atoms with Gasteiger partial charge in [0, 0.05) is 17.4 Å². The third-order valence-corrected chi connectivity index (χ3v) is 5.29. The van der Waals surface area contributed by atoms with Gasteiger partial charge in [-0.15, -0.1) is 0 Å². The quantitative estimate of drug-likeness (QED) is 0.780. The van der Waals surface area contributed by atoms with Gasteiger partial charge < -0.3 is 19.7 Å². The number of hydrogen-bond donors (Lipinski definition) is 1. The third kappa shape index (κ3) is 4.02. The van der Waals surface area contributed by atoms with Gasteiger partial charge in [-0.25, -0.2) is 0 Å². The van der Waals surface area contributed by atoms with E-state index in [1.54, 1.807) is 13.2 Å². The highest BCUT2D eigenvalue weighted by molar-refractivity contribution is 9.10. The van der Waals surface area contributed by atoms with Crippen LogP contribution in [-0.2, 0) is 6.42 Å². The van der Waals surface area contributed by atoms with Gasteiger partial charge >= 0.3 is 0 Å². The number of likely N-dealkylation sites (N-methyl/N-ethyl adjacent to an activating group) is 1. The number of nitrogens with one attached hydrogen (secondary N) is 1. The maximum Gasteiger partial charge on any atom is 0.252 e. The van der Waals surface area contributed by atoms with Gasteiger partial charge in [0.15, 0.2) is 0 Å². The molecule has 2 aromatic rings. The molecule has 0 radical (unpaired) electrons. The lowest BCUT2D eigenvalue weighted by Gasteiger charge is -2.25. The molecule has 0 saturated carbocycles. The number of carbonyl (C=O) groups excluding carboxylic acids is 1. The lowest BCUT2D eigenvalue weighted by atomic mass is 10.0. The van der Waals surface area contributed by atoms with Crippen molar-refractivity contribution in [1.82, 2.24) is 10.2 Å². The van der Waals surface area contributed by atoms with E-state index in [2.05, 4.69) is 38.3 Å². The molecule has 0 aromatic heterocycles. The first-order valence-electron chi connectivity index (χ1n) is 8.53. The second-order valence-electron chi connectivity index (χ2n) is 6.50. The normalized spacial score (nSPS) is 13.9. The van der Waals surface area contributed by atoms with Gasteiger partial charge in [-0.2, -0.15) is 0 Å². The molecule has 1 unspecified atom stereocenters. The van der Waals surface area contributed by atoms with Gasteiger partial charge in [-0.3, -0.25) is 4.79 Å². The molecular weight excluding hydrogens is 396 g/mol. The van der Waals surface area contributed by atoms with E-state index in [4.69, 9.17) is 9.47 Å². The lowest BCUT2D eigenvalue weighted by Crippen LogP contribution is -2.34. The smallest absolute Gasteiger partial charge is 0.252 e. The second kappa shape index (κ2) is 8.10. The molecule has 0 bridgehead atoms. The zero-order valence-electron chi connectivity index (χ0n) is 15.2. The molecule has 26 heavy (non-hydrogen) atoms. The van der Waals surface area contributed by atoms with Crippen molar-refractivity contribution in [2.24, 2.45) is 0 Å². The SMILES string of the molecule is COc1ccc(Br)c(C(=O)NCC(c2ccc3c(c2)CCO3)N(C)C)c1. The van der Waals surface area contributed by atoms with E-state index in [9.17, 15) is 4.79 Å². The van der Waals surface area contributed by atoms with E-state index in [1.165, 1.54) is 11.1 Å². The number of benzene rings is 2. The predicted molar refractivity (Wildman–Crippen MR) is 105 cm³/mol. The summed E-state index contributed by atoms with van der Waals surface area (Å²) in [5, 5.41) is 3.04. The van der Waals surface area contributed by atoms with E-state index in [-0.39, 0.29) is 11.9 Å². The zero-order chi connectivity index (χ0) is 18.7. The van der Waals surface area contributed by atoms with Gasteiger partial charge in [-0.05, 0) is 65.4 Å². The molecule has 138 valence electrons. The number of nitrogens with zero attached hydrogens (tertiary/aromatic N) is 1. The fourth-order valence-corrected chi connectivity index (χ4v) is 3.53. The fourth-order valence-electron chi connectivity index (χ4n) is 3.10. The monoisotopic (exact) mass is 418 g/mol. The van der Waals surface area contributed by atoms with Crippen molar-refractivity contribution in [2.75, 3.05) is 34.4 Å². The Kier molecular flexibility index (Phi) is 5.84. The molecule has 0 aliphatic carbocycles. The van der Waals surface area contributed by atoms with Crippen LogP contribution in [0, 0.1) is 0 Å². The largest absolute Gasteiger partial charge is 0.497 e. The van der Waals surface area contributed by atoms with Crippen molar-refractivity contribution in [3.8, 4) is 11.5 Å². The number of halogens is 1. The first-order chi connectivity index (χ1) is 12.5. The van der Waals surface area contributed by atoms with E-state index >= 15 is 0 Å². The average Bonchev–Trinajstić information content (AvgIpc) is 3.09. The average molecular weight is 419 g/mol. The summed E-state index contributed by atoms with van der Waals surface area (Å²) in [6.45, 7) is 1.25. The third-order valence-electron chi connectivity index (χ3n) is 4.60. The second-order valence-corrected chi connectivity index (χ2v) is 7.36. The maximum absolute atomic E-state index is 12.6. The molecule has 1 heterocycles. The summed E-state index contributed by atoms with van der Waals surface area (Å²) in [4.78, 5) is 14.8. The summed E-state index contributed by atoms with van der Waals surface area (Å²) in [5.41, 5.74) is 2.96. The van der Waals surface area contributed by atoms with Crippen molar-refractivity contribution in [2.45, 2.75) is 12.5 Å². The molecule has 1 atom stereocenters. The van der Waals surface area contributed by atoms with Crippen LogP contribution in [0.4, 0.5) is 0 Å². The summed E-state index contributed by atoms with van der Waals surface area (Å²) in [6, 6.07) is 11.7. The van der Waals surface area contributed by atoms with Gasteiger partial charge in [0.25, 0.3) is 5.91 Å². The minimum absolute atomic E-state index is 0.0780. The van der Waals surface area contributed by atoms with Crippen molar-refractivity contribution >= 4 is 21.8 Å². The van der Waals surface area contributed by atoms with Gasteiger partial charge in [0.05, 0.1) is 25.3 Å². The van der Waals surface area contributed by atoms with Crippen LogP contribution in [0.3, 0.4) is 0 Å². The number of carbonyl (C=O) groups is 1. The Hall–Kier alpha value is -2.05. The minimum atomic E-state index is -0.132. The number of ether oxygens (including phenoxy) is 2. The molecule has 6 heteroatoms. The Morgan fingerprint density at radius 1 is 1.31 bits per heavy atom. The molecule has 0 spiro atoms. The molecule has 3 rings (SSSR count). The Morgan fingerprint density at radius 3 is 2.85 bits per heavy atom. The number of rotatable bonds is 6. The first-order valence-corrected chi connectivity index (χ1v) is 9.32. The molecule has 1 amide bonds. The van der Waals surface area contributed by atoms with E-state index in [1.807, 2.05) is 32.3 Å². The van der Waals surface area contributed by atoms with E-state index in [0.29, 0.717) is 17.9 Å². The number of hydrogen-bond acceptors (Lipinski definition) is 4. The Labute approximate surface area is 162 Å². The summed E-state index contributed by atoms with van der Waals surface area (Å²) in [5.74, 6) is 1.49. The number of amides is 1. The molecule has 1 aliphatic rings. The van der Waals surface area contributed by atoms with Crippen molar-refractivity contribution in [1.29, 1.82) is 0 Å². The fraction of sp³-hybridized carbons (Fsp3) is 0.350. The van der Waals surface area contributed by atoms with Crippen LogP contribution in [0.5, 0.6) is 11.5 Å². The Balaban J connectivity index is 1.74. The highest BCUT2D eigenvalue weighted by Gasteiger charge is 2.20. The van der Waals surface area contributed by atoms with Crippen LogP contribution in [0.25, 0.3) is 0 Å². The number of methoxy groups -OCH3 is 1. The molecule has 5 nitrogen and oxygen atoms in total. The highest BCUT2D eigenvalue weighted by atomic mass is 79.9.